The van der Waals surface area contributed by atoms with Crippen molar-refractivity contribution in [2.24, 2.45) is 0 Å². The summed E-state index contributed by atoms with van der Waals surface area (Å²) in [6.07, 6.45) is 37.2. The van der Waals surface area contributed by atoms with E-state index in [4.69, 9.17) is 18.9 Å². The highest BCUT2D eigenvalue weighted by atomic mass is 16.7. The molecule has 6 unspecified atom stereocenters. The third kappa shape index (κ3) is 30.2. The van der Waals surface area contributed by atoms with Gasteiger partial charge in [0.05, 0.1) is 6.61 Å². The van der Waals surface area contributed by atoms with Crippen molar-refractivity contribution < 1.29 is 53.8 Å². The molecule has 0 aromatic heterocycles. The molecule has 1 aliphatic rings. The molecule has 0 spiro atoms. The number of hydrogen-bond donors (Lipinski definition) is 4. The van der Waals surface area contributed by atoms with Crippen LogP contribution >= 0.6 is 0 Å². The van der Waals surface area contributed by atoms with Crippen LogP contribution in [0.2, 0.25) is 0 Å². The monoisotopic (exact) mass is 849 g/mol. The molecule has 0 aromatic carbocycles. The Morgan fingerprint density at radius 3 is 1.38 bits per heavy atom. The summed E-state index contributed by atoms with van der Waals surface area (Å²) in [6.45, 7) is 3.76. The van der Waals surface area contributed by atoms with E-state index < -0.39 is 61.3 Å². The zero-order chi connectivity index (χ0) is 43.9. The van der Waals surface area contributed by atoms with E-state index >= 15 is 0 Å². The van der Waals surface area contributed by atoms with Crippen molar-refractivity contribution in [2.45, 2.75) is 230 Å². The molecule has 4 N–H and O–H groups in total. The summed E-state index contributed by atoms with van der Waals surface area (Å²) in [5.41, 5.74) is 0. The van der Waals surface area contributed by atoms with Crippen molar-refractivity contribution in [3.05, 3.63) is 48.6 Å². The molecule has 0 saturated carbocycles. The first-order valence-electron chi connectivity index (χ1n) is 23.7. The highest BCUT2D eigenvalue weighted by Gasteiger charge is 2.47. The Bertz CT molecular complexity index is 1180. The fourth-order valence-corrected chi connectivity index (χ4v) is 6.88. The largest absolute Gasteiger partial charge is 0.479 e. The Balaban J connectivity index is 2.36. The molecule has 346 valence electrons. The zero-order valence-corrected chi connectivity index (χ0v) is 37.4. The van der Waals surface area contributed by atoms with Gasteiger partial charge >= 0.3 is 17.9 Å². The van der Waals surface area contributed by atoms with Gasteiger partial charge in [0.15, 0.2) is 18.5 Å². The van der Waals surface area contributed by atoms with Gasteiger partial charge in [-0.25, -0.2) is 4.79 Å². The summed E-state index contributed by atoms with van der Waals surface area (Å²) >= 11 is 0. The second kappa shape index (κ2) is 39.0. The van der Waals surface area contributed by atoms with Gasteiger partial charge in [-0.2, -0.15) is 0 Å². The lowest BCUT2D eigenvalue weighted by Gasteiger charge is -2.38. The summed E-state index contributed by atoms with van der Waals surface area (Å²) in [5, 5.41) is 39.9. The lowest BCUT2D eigenvalue weighted by atomic mass is 9.99. The number of aliphatic hydroxyl groups is 3. The third-order valence-electron chi connectivity index (χ3n) is 10.7. The minimum absolute atomic E-state index is 0.164. The Labute approximate surface area is 363 Å². The van der Waals surface area contributed by atoms with Crippen molar-refractivity contribution in [2.75, 3.05) is 13.2 Å². The van der Waals surface area contributed by atoms with Crippen molar-refractivity contribution in [1.82, 2.24) is 0 Å². The van der Waals surface area contributed by atoms with Gasteiger partial charge in [0, 0.05) is 12.8 Å². The van der Waals surface area contributed by atoms with Gasteiger partial charge in [-0.15, -0.1) is 0 Å². The van der Waals surface area contributed by atoms with E-state index in [1.165, 1.54) is 77.0 Å². The third-order valence-corrected chi connectivity index (χ3v) is 10.7. The lowest BCUT2D eigenvalue weighted by molar-refractivity contribution is -0.298. The first kappa shape index (κ1) is 55.2. The fourth-order valence-electron chi connectivity index (χ4n) is 6.88. The highest BCUT2D eigenvalue weighted by Crippen LogP contribution is 2.23. The molecule has 1 aliphatic heterocycles. The van der Waals surface area contributed by atoms with Crippen molar-refractivity contribution in [1.29, 1.82) is 0 Å². The van der Waals surface area contributed by atoms with Crippen LogP contribution < -0.4 is 0 Å². The number of carbonyl (C=O) groups is 3. The van der Waals surface area contributed by atoms with Crippen molar-refractivity contribution >= 4 is 17.9 Å². The molecule has 1 rings (SSSR count). The maximum absolute atomic E-state index is 12.8. The van der Waals surface area contributed by atoms with Crippen LogP contribution in [-0.2, 0) is 33.3 Å². The molecular weight excluding hydrogens is 765 g/mol. The average molecular weight is 849 g/mol. The van der Waals surface area contributed by atoms with Crippen LogP contribution in [0, 0.1) is 0 Å². The van der Waals surface area contributed by atoms with Gasteiger partial charge < -0.3 is 39.4 Å². The zero-order valence-electron chi connectivity index (χ0n) is 37.4. The number of aliphatic carboxylic acids is 1. The molecule has 0 amide bonds. The van der Waals surface area contributed by atoms with Gasteiger partial charge in [0.2, 0.25) is 0 Å². The molecule has 1 fully saturated rings. The molecule has 11 heteroatoms. The molecule has 1 heterocycles. The number of carboxylic acid groups (broad SMARTS) is 1. The molecule has 6 atom stereocenters. The SMILES string of the molecule is CCCCCC/C=C\C/C=C\CCCCCCCCCC(=O)OCC(COC1OC(C(=O)O)C(O)C(O)C1O)OC(=O)CCCCCCC/C=C\C/C=C\CCCCCC. The second-order valence-corrected chi connectivity index (χ2v) is 16.2. The summed E-state index contributed by atoms with van der Waals surface area (Å²) in [4.78, 5) is 36.9. The number of carboxylic acids is 1. The normalized spacial score (nSPS) is 20.2. The maximum atomic E-state index is 12.8. The number of rotatable bonds is 39. The Morgan fingerprint density at radius 2 is 0.933 bits per heavy atom. The molecule has 0 aliphatic carbocycles. The minimum atomic E-state index is -1.87. The predicted molar refractivity (Wildman–Crippen MR) is 238 cm³/mol. The van der Waals surface area contributed by atoms with E-state index in [-0.39, 0.29) is 19.4 Å². The quantitative estimate of drug-likeness (QED) is 0.0264. The molecule has 11 nitrogen and oxygen atoms in total. The number of carbonyl (C=O) groups excluding carboxylic acids is 2. The van der Waals surface area contributed by atoms with Crippen LogP contribution in [0.25, 0.3) is 0 Å². The molecule has 0 radical (unpaired) electrons. The maximum Gasteiger partial charge on any atom is 0.335 e. The van der Waals surface area contributed by atoms with Crippen LogP contribution in [-0.4, -0.2) is 88.4 Å². The fraction of sp³-hybridized carbons (Fsp3) is 0.776. The highest BCUT2D eigenvalue weighted by molar-refractivity contribution is 5.73. The molecule has 0 aromatic rings. The molecule has 1 saturated heterocycles. The van der Waals surface area contributed by atoms with Gasteiger partial charge in [0.25, 0.3) is 0 Å². The van der Waals surface area contributed by atoms with Gasteiger partial charge in [-0.05, 0) is 77.0 Å². The number of esters is 2. The minimum Gasteiger partial charge on any atom is -0.479 e. The van der Waals surface area contributed by atoms with Crippen LogP contribution in [0.5, 0.6) is 0 Å². The standard InChI is InChI=1S/C49H84O11/c1-3-5-7-9-11-13-15-17-19-21-22-24-25-27-29-31-33-35-37-42(50)57-39-41(40-58-49-46(54)44(52)45(53)47(60-49)48(55)56)59-43(51)38-36-34-32-30-28-26-23-20-18-16-14-12-10-8-6-4-2/h13-16,19-21,23,41,44-47,49,52-54H,3-12,17-18,22,24-40H2,1-2H3,(H,55,56)/b15-13-,16-14-,21-19-,23-20-. The Hall–Kier alpha value is -2.83. The number of aliphatic hydroxyl groups excluding tert-OH is 3. The summed E-state index contributed by atoms with van der Waals surface area (Å²) in [6, 6.07) is 0. The van der Waals surface area contributed by atoms with Crippen LogP contribution in [0.4, 0.5) is 0 Å². The number of allylic oxidation sites excluding steroid dienone is 8. The van der Waals surface area contributed by atoms with Gasteiger partial charge in [-0.1, -0.05) is 152 Å². The van der Waals surface area contributed by atoms with E-state index in [0.29, 0.717) is 12.8 Å². The topological polar surface area (TPSA) is 169 Å². The van der Waals surface area contributed by atoms with Crippen LogP contribution in [0.1, 0.15) is 194 Å². The summed E-state index contributed by atoms with van der Waals surface area (Å²) < 4.78 is 21.7. The Kier molecular flexibility index (Phi) is 35.9. The molecular formula is C49H84O11. The van der Waals surface area contributed by atoms with Gasteiger partial charge in [-0.3, -0.25) is 9.59 Å². The smallest absolute Gasteiger partial charge is 0.335 e. The number of ether oxygens (including phenoxy) is 4. The van der Waals surface area contributed by atoms with Crippen LogP contribution in [0.15, 0.2) is 48.6 Å². The summed E-state index contributed by atoms with van der Waals surface area (Å²) in [5.74, 6) is -2.47. The molecule has 60 heavy (non-hydrogen) atoms. The van der Waals surface area contributed by atoms with E-state index in [9.17, 15) is 34.8 Å². The average Bonchev–Trinajstić information content (AvgIpc) is 3.23. The van der Waals surface area contributed by atoms with E-state index in [2.05, 4.69) is 62.5 Å². The molecule has 0 bridgehead atoms. The van der Waals surface area contributed by atoms with E-state index in [1.54, 1.807) is 0 Å². The first-order valence-corrected chi connectivity index (χ1v) is 23.7. The lowest BCUT2D eigenvalue weighted by Crippen LogP contribution is -2.60. The van der Waals surface area contributed by atoms with Gasteiger partial charge in [0.1, 0.15) is 24.9 Å². The Morgan fingerprint density at radius 1 is 0.517 bits per heavy atom. The van der Waals surface area contributed by atoms with Crippen LogP contribution in [0.3, 0.4) is 0 Å². The summed E-state index contributed by atoms with van der Waals surface area (Å²) in [7, 11) is 0. The number of unbranched alkanes of at least 4 members (excludes halogenated alkanes) is 20. The first-order chi connectivity index (χ1) is 29.2. The van der Waals surface area contributed by atoms with Crippen molar-refractivity contribution in [3.63, 3.8) is 0 Å². The van der Waals surface area contributed by atoms with E-state index in [1.807, 2.05) is 0 Å². The predicted octanol–water partition coefficient (Wildman–Crippen LogP) is 10.5. The van der Waals surface area contributed by atoms with Crippen molar-refractivity contribution in [3.8, 4) is 0 Å². The number of hydrogen-bond acceptors (Lipinski definition) is 10. The van der Waals surface area contributed by atoms with E-state index in [0.717, 1.165) is 77.0 Å². The second-order valence-electron chi connectivity index (χ2n) is 16.2.